The number of methoxy groups -OCH3 is 1. The van der Waals surface area contributed by atoms with E-state index < -0.39 is 10.0 Å². The Morgan fingerprint density at radius 2 is 2.00 bits per heavy atom. The summed E-state index contributed by atoms with van der Waals surface area (Å²) in [7, 11) is -2.02. The van der Waals surface area contributed by atoms with Crippen molar-refractivity contribution in [2.24, 2.45) is 5.92 Å². The van der Waals surface area contributed by atoms with Crippen LogP contribution in [0.15, 0.2) is 34.1 Å². The Kier molecular flexibility index (Phi) is 5.29. The summed E-state index contributed by atoms with van der Waals surface area (Å²) >= 11 is 1.50. The number of esters is 1. The normalized spacial score (nSPS) is 16.5. The van der Waals surface area contributed by atoms with Crippen LogP contribution in [0.5, 0.6) is 0 Å². The molecule has 0 aromatic heterocycles. The number of carbonyl (C=O) groups is 1. The third kappa shape index (κ3) is 4.72. The van der Waals surface area contributed by atoms with Crippen LogP contribution in [0.25, 0.3) is 0 Å². The lowest BCUT2D eigenvalue weighted by Gasteiger charge is -2.09. The molecule has 5 nitrogen and oxygen atoms in total. The summed E-state index contributed by atoms with van der Waals surface area (Å²) in [5.74, 6) is 0.161. The fourth-order valence-corrected chi connectivity index (χ4v) is 3.91. The predicted octanol–water partition coefficient (Wildman–Crippen LogP) is 2.03. The number of ether oxygens (including phenoxy) is 1. The molecule has 1 N–H and O–H groups in total. The zero-order valence-corrected chi connectivity index (χ0v) is 13.7. The number of rotatable bonds is 7. The van der Waals surface area contributed by atoms with Crippen molar-refractivity contribution in [1.82, 2.24) is 4.72 Å². The number of carbonyl (C=O) groups excluding carboxylic acids is 1. The second-order valence-electron chi connectivity index (χ2n) is 5.10. The minimum atomic E-state index is -3.40. The van der Waals surface area contributed by atoms with E-state index >= 15 is 0 Å². The molecule has 0 heterocycles. The van der Waals surface area contributed by atoms with E-state index in [-0.39, 0.29) is 22.8 Å². The van der Waals surface area contributed by atoms with Crippen molar-refractivity contribution in [2.45, 2.75) is 35.6 Å². The third-order valence-corrected chi connectivity index (χ3v) is 5.95. The minimum Gasteiger partial charge on any atom is -0.469 e. The maximum absolute atomic E-state index is 12.0. The summed E-state index contributed by atoms with van der Waals surface area (Å²) in [6, 6.07) is 6.81. The van der Waals surface area contributed by atoms with Gasteiger partial charge in [-0.2, -0.15) is 0 Å². The second-order valence-corrected chi connectivity index (χ2v) is 7.91. The van der Waals surface area contributed by atoms with E-state index in [1.54, 1.807) is 31.2 Å². The molecule has 1 fully saturated rings. The number of sulfonamides is 1. The zero-order valence-electron chi connectivity index (χ0n) is 12.0. The molecule has 2 rings (SSSR count). The molecule has 0 aliphatic heterocycles. The molecule has 116 valence electrons. The maximum Gasteiger partial charge on any atom is 0.309 e. The van der Waals surface area contributed by atoms with Crippen LogP contribution in [0.4, 0.5) is 0 Å². The van der Waals surface area contributed by atoms with Gasteiger partial charge in [-0.05, 0) is 37.1 Å². The van der Waals surface area contributed by atoms with Crippen molar-refractivity contribution < 1.29 is 17.9 Å². The van der Waals surface area contributed by atoms with Gasteiger partial charge in [0, 0.05) is 16.7 Å². The van der Waals surface area contributed by atoms with E-state index in [9.17, 15) is 13.2 Å². The minimum absolute atomic E-state index is 0.102. The summed E-state index contributed by atoms with van der Waals surface area (Å²) in [4.78, 5) is 12.5. The lowest BCUT2D eigenvalue weighted by atomic mass is 10.2. The number of benzene rings is 1. The van der Waals surface area contributed by atoms with Gasteiger partial charge in [0.2, 0.25) is 10.0 Å². The molecular weight excluding hydrogens is 310 g/mol. The Balaban J connectivity index is 1.94. The van der Waals surface area contributed by atoms with E-state index in [2.05, 4.69) is 9.46 Å². The summed E-state index contributed by atoms with van der Waals surface area (Å²) < 4.78 is 31.3. The van der Waals surface area contributed by atoms with Gasteiger partial charge in [-0.1, -0.05) is 6.92 Å². The summed E-state index contributed by atoms with van der Waals surface area (Å²) in [6.07, 6.45) is 1.83. The molecule has 1 aliphatic rings. The fraction of sp³-hybridized carbons (Fsp3) is 0.500. The van der Waals surface area contributed by atoms with Crippen molar-refractivity contribution in [3.05, 3.63) is 24.3 Å². The van der Waals surface area contributed by atoms with Gasteiger partial charge in [0.05, 0.1) is 17.9 Å². The number of nitrogens with one attached hydrogen (secondary N) is 1. The van der Waals surface area contributed by atoms with Gasteiger partial charge in [0.15, 0.2) is 0 Å². The molecular formula is C14H19NO4S2. The standard InChI is InChI=1S/C14H19NO4S2/c1-10(14(16)19-2)9-20-12-5-7-13(8-6-12)21(17,18)15-11-3-4-11/h5-8,10-11,15H,3-4,9H2,1-2H3. The highest BCUT2D eigenvalue weighted by atomic mass is 32.2. The summed E-state index contributed by atoms with van der Waals surface area (Å²) in [6.45, 7) is 1.80. The first-order chi connectivity index (χ1) is 9.92. The smallest absolute Gasteiger partial charge is 0.309 e. The van der Waals surface area contributed by atoms with Gasteiger partial charge in [-0.25, -0.2) is 13.1 Å². The Morgan fingerprint density at radius 3 is 2.52 bits per heavy atom. The molecule has 0 spiro atoms. The average Bonchev–Trinajstić information content (AvgIpc) is 3.27. The fourth-order valence-electron chi connectivity index (χ4n) is 1.69. The summed E-state index contributed by atoms with van der Waals surface area (Å²) in [5, 5.41) is 0. The first kappa shape index (κ1) is 16.3. The SMILES string of the molecule is COC(=O)C(C)CSc1ccc(S(=O)(=O)NC2CC2)cc1. The Hall–Kier alpha value is -1.05. The van der Waals surface area contributed by atoms with Gasteiger partial charge < -0.3 is 4.74 Å². The highest BCUT2D eigenvalue weighted by molar-refractivity contribution is 7.99. The Labute approximate surface area is 129 Å². The van der Waals surface area contributed by atoms with Crippen LogP contribution in [-0.2, 0) is 19.6 Å². The molecule has 1 aliphatic carbocycles. The van der Waals surface area contributed by atoms with Gasteiger partial charge in [0.25, 0.3) is 0 Å². The molecule has 0 radical (unpaired) electrons. The van der Waals surface area contributed by atoms with Crippen LogP contribution in [-0.4, -0.2) is 33.3 Å². The molecule has 0 saturated heterocycles. The Morgan fingerprint density at radius 1 is 1.38 bits per heavy atom. The highest BCUT2D eigenvalue weighted by Crippen LogP contribution is 2.25. The molecule has 1 saturated carbocycles. The lowest BCUT2D eigenvalue weighted by molar-refractivity contribution is -0.143. The van der Waals surface area contributed by atoms with Crippen LogP contribution in [0.2, 0.25) is 0 Å². The van der Waals surface area contributed by atoms with E-state index in [1.165, 1.54) is 18.9 Å². The van der Waals surface area contributed by atoms with E-state index in [4.69, 9.17) is 0 Å². The predicted molar refractivity (Wildman–Crippen MR) is 81.7 cm³/mol. The van der Waals surface area contributed by atoms with Crippen molar-refractivity contribution in [3.8, 4) is 0 Å². The van der Waals surface area contributed by atoms with Gasteiger partial charge >= 0.3 is 5.97 Å². The number of thioether (sulfide) groups is 1. The quantitative estimate of drug-likeness (QED) is 0.612. The largest absolute Gasteiger partial charge is 0.469 e. The molecule has 21 heavy (non-hydrogen) atoms. The van der Waals surface area contributed by atoms with Gasteiger partial charge in [-0.3, -0.25) is 4.79 Å². The number of hydrogen-bond acceptors (Lipinski definition) is 5. The highest BCUT2D eigenvalue weighted by Gasteiger charge is 2.27. The van der Waals surface area contributed by atoms with Crippen molar-refractivity contribution in [1.29, 1.82) is 0 Å². The van der Waals surface area contributed by atoms with Crippen molar-refractivity contribution >= 4 is 27.8 Å². The average molecular weight is 329 g/mol. The first-order valence-corrected chi connectivity index (χ1v) is 9.22. The van der Waals surface area contributed by atoms with Crippen LogP contribution >= 0.6 is 11.8 Å². The van der Waals surface area contributed by atoms with Crippen LogP contribution in [0.3, 0.4) is 0 Å². The zero-order chi connectivity index (χ0) is 15.5. The van der Waals surface area contributed by atoms with Gasteiger partial charge in [-0.15, -0.1) is 11.8 Å². The van der Waals surface area contributed by atoms with Crippen LogP contribution in [0, 0.1) is 5.92 Å². The molecule has 1 unspecified atom stereocenters. The lowest BCUT2D eigenvalue weighted by Crippen LogP contribution is -2.25. The van der Waals surface area contributed by atoms with Gasteiger partial charge in [0.1, 0.15) is 0 Å². The first-order valence-electron chi connectivity index (χ1n) is 6.75. The van der Waals surface area contributed by atoms with E-state index in [0.717, 1.165) is 17.7 Å². The third-order valence-electron chi connectivity index (χ3n) is 3.14. The van der Waals surface area contributed by atoms with E-state index in [1.807, 2.05) is 0 Å². The van der Waals surface area contributed by atoms with Crippen molar-refractivity contribution in [3.63, 3.8) is 0 Å². The van der Waals surface area contributed by atoms with E-state index in [0.29, 0.717) is 5.75 Å². The molecule has 0 bridgehead atoms. The second kappa shape index (κ2) is 6.81. The molecule has 1 aromatic rings. The van der Waals surface area contributed by atoms with Crippen LogP contribution in [0.1, 0.15) is 19.8 Å². The monoisotopic (exact) mass is 329 g/mol. The topological polar surface area (TPSA) is 72.5 Å². The summed E-state index contributed by atoms with van der Waals surface area (Å²) in [5.41, 5.74) is 0. The Bertz CT molecular complexity index is 594. The van der Waals surface area contributed by atoms with Crippen molar-refractivity contribution in [2.75, 3.05) is 12.9 Å². The molecule has 1 atom stereocenters. The maximum atomic E-state index is 12.0. The van der Waals surface area contributed by atoms with Crippen LogP contribution < -0.4 is 4.72 Å². The molecule has 7 heteroatoms. The molecule has 0 amide bonds. The number of hydrogen-bond donors (Lipinski definition) is 1. The molecule has 1 aromatic carbocycles.